The Hall–Kier alpha value is -2.02. The van der Waals surface area contributed by atoms with E-state index in [1.54, 1.807) is 11.0 Å². The zero-order valence-electron chi connectivity index (χ0n) is 13.1. The van der Waals surface area contributed by atoms with Gasteiger partial charge in [0.2, 0.25) is 10.0 Å². The highest BCUT2D eigenvalue weighted by Crippen LogP contribution is 2.27. The van der Waals surface area contributed by atoms with E-state index >= 15 is 0 Å². The predicted molar refractivity (Wildman–Crippen MR) is 83.1 cm³/mol. The van der Waals surface area contributed by atoms with Crippen molar-refractivity contribution in [2.45, 2.75) is 36.7 Å². The maximum Gasteiger partial charge on any atom is 0.317 e. The lowest BCUT2D eigenvalue weighted by atomic mass is 9.86. The van der Waals surface area contributed by atoms with Crippen molar-refractivity contribution in [3.63, 3.8) is 0 Å². The molecule has 2 rings (SSSR count). The number of nitrogens with one attached hydrogen (secondary N) is 1. The lowest BCUT2D eigenvalue weighted by Gasteiger charge is -2.42. The van der Waals surface area contributed by atoms with Crippen molar-refractivity contribution in [3.8, 4) is 6.07 Å². The first kappa shape index (κ1) is 18.3. The molecule has 2 N–H and O–H groups in total. The third kappa shape index (κ3) is 4.08. The van der Waals surface area contributed by atoms with E-state index in [0.717, 1.165) is 12.1 Å². The summed E-state index contributed by atoms with van der Waals surface area (Å²) in [6.45, 7) is 2.33. The summed E-state index contributed by atoms with van der Waals surface area (Å²) in [7, 11) is -3.88. The van der Waals surface area contributed by atoms with Gasteiger partial charge in [-0.2, -0.15) is 5.26 Å². The number of sulfonamides is 1. The number of nitriles is 1. The zero-order valence-corrected chi connectivity index (χ0v) is 13.9. The molecule has 130 valence electrons. The maximum absolute atomic E-state index is 13.6. The topological polar surface area (TPSA) is 110 Å². The molecule has 0 unspecified atom stereocenters. The summed E-state index contributed by atoms with van der Waals surface area (Å²) in [6, 6.07) is 4.45. The highest BCUT2D eigenvalue weighted by atomic mass is 32.2. The number of aliphatic carboxylic acids is 1. The molecule has 1 aliphatic carbocycles. The number of carboxylic acids is 1. The zero-order chi connectivity index (χ0) is 17.9. The van der Waals surface area contributed by atoms with Crippen molar-refractivity contribution in [1.82, 2.24) is 9.62 Å². The van der Waals surface area contributed by atoms with Crippen molar-refractivity contribution >= 4 is 16.0 Å². The summed E-state index contributed by atoms with van der Waals surface area (Å²) >= 11 is 0. The summed E-state index contributed by atoms with van der Waals surface area (Å²) in [5.41, 5.74) is -0.218. The van der Waals surface area contributed by atoms with Crippen molar-refractivity contribution in [2.24, 2.45) is 0 Å². The molecule has 7 nitrogen and oxygen atoms in total. The standard InChI is InChI=1S/C15H18FN3O4S/c1-2-19(9-15(20)21)12-5-11(6-12)18-24(22,23)13-4-3-10(8-17)14(16)7-13/h3-4,7,11-12,18H,2,5-6,9H2,1H3,(H,20,21). The third-order valence-corrected chi connectivity index (χ3v) is 5.59. The highest BCUT2D eigenvalue weighted by Gasteiger charge is 2.36. The monoisotopic (exact) mass is 355 g/mol. The van der Waals surface area contributed by atoms with E-state index in [0.29, 0.717) is 19.4 Å². The van der Waals surface area contributed by atoms with Crippen LogP contribution in [-0.2, 0) is 14.8 Å². The molecular formula is C15H18FN3O4S. The Morgan fingerprint density at radius 2 is 2.17 bits per heavy atom. The van der Waals surface area contributed by atoms with Gasteiger partial charge in [-0.05, 0) is 37.6 Å². The molecule has 1 saturated carbocycles. The third-order valence-electron chi connectivity index (χ3n) is 4.07. The molecule has 1 aromatic carbocycles. The minimum atomic E-state index is -3.88. The molecule has 1 aromatic rings. The van der Waals surface area contributed by atoms with Crippen LogP contribution in [-0.4, -0.2) is 49.6 Å². The van der Waals surface area contributed by atoms with Crippen molar-refractivity contribution in [1.29, 1.82) is 5.26 Å². The first-order valence-electron chi connectivity index (χ1n) is 7.44. The van der Waals surface area contributed by atoms with Crippen LogP contribution in [0.2, 0.25) is 0 Å². The Morgan fingerprint density at radius 1 is 1.50 bits per heavy atom. The van der Waals surface area contributed by atoms with Crippen molar-refractivity contribution in [3.05, 3.63) is 29.6 Å². The number of likely N-dealkylation sites (N-methyl/N-ethyl adjacent to an activating group) is 1. The minimum Gasteiger partial charge on any atom is -0.480 e. The Morgan fingerprint density at radius 3 is 2.67 bits per heavy atom. The molecule has 24 heavy (non-hydrogen) atoms. The van der Waals surface area contributed by atoms with Crippen LogP contribution < -0.4 is 4.72 Å². The van der Waals surface area contributed by atoms with Crippen LogP contribution >= 0.6 is 0 Å². The van der Waals surface area contributed by atoms with E-state index in [-0.39, 0.29) is 29.1 Å². The van der Waals surface area contributed by atoms with Gasteiger partial charge in [0, 0.05) is 12.1 Å². The summed E-state index contributed by atoms with van der Waals surface area (Å²) in [5, 5.41) is 17.5. The fourth-order valence-electron chi connectivity index (χ4n) is 2.70. The number of carbonyl (C=O) groups is 1. The SMILES string of the molecule is CCN(CC(=O)O)C1CC(NS(=O)(=O)c2ccc(C#N)c(F)c2)C1. The van der Waals surface area contributed by atoms with Gasteiger partial charge in [-0.25, -0.2) is 17.5 Å². The molecule has 0 saturated heterocycles. The van der Waals surface area contributed by atoms with E-state index in [4.69, 9.17) is 10.4 Å². The number of benzene rings is 1. The van der Waals surface area contributed by atoms with E-state index in [2.05, 4.69) is 4.72 Å². The first-order valence-corrected chi connectivity index (χ1v) is 8.93. The molecule has 0 amide bonds. The minimum absolute atomic E-state index is 0.0106. The normalized spacial score (nSPS) is 20.4. The van der Waals surface area contributed by atoms with Gasteiger partial charge in [-0.3, -0.25) is 9.69 Å². The van der Waals surface area contributed by atoms with Crippen molar-refractivity contribution < 1.29 is 22.7 Å². The number of hydrogen-bond acceptors (Lipinski definition) is 5. The van der Waals surface area contributed by atoms with Gasteiger partial charge in [-0.15, -0.1) is 0 Å². The first-order chi connectivity index (χ1) is 11.3. The average molecular weight is 355 g/mol. The second-order valence-corrected chi connectivity index (χ2v) is 7.37. The number of halogens is 1. The number of carboxylic acid groups (broad SMARTS) is 1. The molecule has 0 heterocycles. The second kappa shape index (κ2) is 7.25. The molecule has 0 aromatic heterocycles. The fraction of sp³-hybridized carbons (Fsp3) is 0.467. The molecule has 1 fully saturated rings. The predicted octanol–water partition coefficient (Wildman–Crippen LogP) is 0.913. The Kier molecular flexibility index (Phi) is 5.54. The molecule has 0 bridgehead atoms. The van der Waals surface area contributed by atoms with E-state index in [1.165, 1.54) is 6.07 Å². The second-order valence-electron chi connectivity index (χ2n) is 5.65. The van der Waals surface area contributed by atoms with Crippen LogP contribution in [0.1, 0.15) is 25.3 Å². The van der Waals surface area contributed by atoms with E-state index < -0.39 is 21.8 Å². The Bertz CT molecular complexity index is 769. The lowest BCUT2D eigenvalue weighted by molar-refractivity contribution is -0.139. The van der Waals surface area contributed by atoms with Crippen LogP contribution in [0, 0.1) is 17.1 Å². The quantitative estimate of drug-likeness (QED) is 0.752. The molecule has 0 spiro atoms. The van der Waals surface area contributed by atoms with Gasteiger partial charge in [0.25, 0.3) is 0 Å². The summed E-state index contributed by atoms with van der Waals surface area (Å²) < 4.78 is 40.5. The van der Waals surface area contributed by atoms with Gasteiger partial charge in [0.15, 0.2) is 0 Å². The fourth-order valence-corrected chi connectivity index (χ4v) is 3.97. The van der Waals surface area contributed by atoms with Crippen LogP contribution in [0.25, 0.3) is 0 Å². The average Bonchev–Trinajstić information content (AvgIpc) is 2.48. The Labute approximate surface area is 139 Å². The van der Waals surface area contributed by atoms with Gasteiger partial charge >= 0.3 is 5.97 Å². The number of nitrogens with zero attached hydrogens (tertiary/aromatic N) is 2. The molecular weight excluding hydrogens is 337 g/mol. The van der Waals surface area contributed by atoms with Gasteiger partial charge in [0.05, 0.1) is 17.0 Å². The van der Waals surface area contributed by atoms with Crippen LogP contribution in [0.4, 0.5) is 4.39 Å². The smallest absolute Gasteiger partial charge is 0.317 e. The summed E-state index contributed by atoms with van der Waals surface area (Å²) in [5.74, 6) is -1.81. The van der Waals surface area contributed by atoms with Gasteiger partial charge in [-0.1, -0.05) is 6.92 Å². The lowest BCUT2D eigenvalue weighted by Crippen LogP contribution is -2.54. The summed E-state index contributed by atoms with van der Waals surface area (Å²) in [4.78, 5) is 12.3. The Balaban J connectivity index is 1.99. The largest absolute Gasteiger partial charge is 0.480 e. The van der Waals surface area contributed by atoms with Crippen molar-refractivity contribution in [2.75, 3.05) is 13.1 Å². The van der Waals surface area contributed by atoms with Crippen LogP contribution in [0.3, 0.4) is 0 Å². The highest BCUT2D eigenvalue weighted by molar-refractivity contribution is 7.89. The van der Waals surface area contributed by atoms with E-state index in [1.807, 2.05) is 6.92 Å². The van der Waals surface area contributed by atoms with Crippen LogP contribution in [0.15, 0.2) is 23.1 Å². The molecule has 9 heteroatoms. The molecule has 0 radical (unpaired) electrons. The number of hydrogen-bond donors (Lipinski definition) is 2. The molecule has 0 atom stereocenters. The van der Waals surface area contributed by atoms with Gasteiger partial charge in [0.1, 0.15) is 11.9 Å². The molecule has 0 aliphatic heterocycles. The number of rotatable bonds is 7. The van der Waals surface area contributed by atoms with E-state index in [9.17, 15) is 17.6 Å². The van der Waals surface area contributed by atoms with Gasteiger partial charge < -0.3 is 5.11 Å². The molecule has 1 aliphatic rings. The maximum atomic E-state index is 13.6. The van der Waals surface area contributed by atoms with Crippen LogP contribution in [0.5, 0.6) is 0 Å². The summed E-state index contributed by atoms with van der Waals surface area (Å²) in [6.07, 6.45) is 0.998.